The number of para-hydroxylation sites is 1. The number of anilines is 1. The topological polar surface area (TPSA) is 32.8 Å². The van der Waals surface area contributed by atoms with Gasteiger partial charge in [0, 0.05) is 31.4 Å². The van der Waals surface area contributed by atoms with Crippen LogP contribution in [0.2, 0.25) is 0 Å². The van der Waals surface area contributed by atoms with E-state index in [1.165, 1.54) is 0 Å². The monoisotopic (exact) mass is 276 g/mol. The van der Waals surface area contributed by atoms with Gasteiger partial charge in [0.05, 0.1) is 6.61 Å². The average Bonchev–Trinajstić information content (AvgIpc) is 2.47. The molecule has 1 unspecified atom stereocenters. The number of carbonyl (C=O) groups is 1. The summed E-state index contributed by atoms with van der Waals surface area (Å²) in [6, 6.07) is 10.3. The van der Waals surface area contributed by atoms with Crippen molar-refractivity contribution in [2.75, 3.05) is 31.1 Å². The summed E-state index contributed by atoms with van der Waals surface area (Å²) in [6.07, 6.45) is 0. The molecule has 4 heteroatoms. The van der Waals surface area contributed by atoms with Crippen molar-refractivity contribution >= 4 is 11.7 Å². The first-order valence-electron chi connectivity index (χ1n) is 7.36. The first-order valence-corrected chi connectivity index (χ1v) is 7.36. The molecule has 110 valence electrons. The van der Waals surface area contributed by atoms with Crippen LogP contribution in [0.5, 0.6) is 0 Å². The van der Waals surface area contributed by atoms with Crippen LogP contribution in [0.25, 0.3) is 0 Å². The van der Waals surface area contributed by atoms with E-state index in [0.717, 1.165) is 25.3 Å². The van der Waals surface area contributed by atoms with E-state index >= 15 is 0 Å². The Bertz CT molecular complexity index is 433. The molecule has 0 bridgehead atoms. The van der Waals surface area contributed by atoms with Gasteiger partial charge in [-0.25, -0.2) is 4.79 Å². The summed E-state index contributed by atoms with van der Waals surface area (Å²) in [5.74, 6) is -0.123. The van der Waals surface area contributed by atoms with Crippen LogP contribution in [-0.4, -0.2) is 49.2 Å². The zero-order valence-corrected chi connectivity index (χ0v) is 12.6. The van der Waals surface area contributed by atoms with Crippen molar-refractivity contribution in [3.8, 4) is 0 Å². The minimum absolute atomic E-state index is 0.123. The fourth-order valence-corrected chi connectivity index (χ4v) is 2.64. The Balaban J connectivity index is 2.19. The molecule has 0 aliphatic carbocycles. The van der Waals surface area contributed by atoms with Gasteiger partial charge in [0.25, 0.3) is 0 Å². The van der Waals surface area contributed by atoms with Gasteiger partial charge in [-0.3, -0.25) is 4.90 Å². The van der Waals surface area contributed by atoms with Crippen LogP contribution in [0.15, 0.2) is 30.3 Å². The Kier molecular flexibility index (Phi) is 5.01. The highest BCUT2D eigenvalue weighted by molar-refractivity contribution is 5.80. The lowest BCUT2D eigenvalue weighted by atomic mass is 10.1. The Labute approximate surface area is 121 Å². The average molecular weight is 276 g/mol. The van der Waals surface area contributed by atoms with Crippen molar-refractivity contribution in [1.29, 1.82) is 0 Å². The van der Waals surface area contributed by atoms with E-state index < -0.39 is 0 Å². The normalized spacial score (nSPS) is 20.2. The quantitative estimate of drug-likeness (QED) is 0.789. The minimum Gasteiger partial charge on any atom is -0.464 e. The second-order valence-electron chi connectivity index (χ2n) is 5.39. The molecule has 0 radical (unpaired) electrons. The molecule has 1 aliphatic rings. The lowest BCUT2D eigenvalue weighted by Gasteiger charge is -2.42. The molecule has 0 aromatic heterocycles. The van der Waals surface area contributed by atoms with Crippen LogP contribution in [0.3, 0.4) is 0 Å². The molecule has 1 fully saturated rings. The molecule has 0 amide bonds. The predicted molar refractivity (Wildman–Crippen MR) is 80.9 cm³/mol. The van der Waals surface area contributed by atoms with Crippen LogP contribution in [0.4, 0.5) is 5.69 Å². The second-order valence-corrected chi connectivity index (χ2v) is 5.39. The zero-order chi connectivity index (χ0) is 14.5. The highest BCUT2D eigenvalue weighted by Gasteiger charge is 2.34. The maximum Gasteiger partial charge on any atom is 0.330 e. The van der Waals surface area contributed by atoms with Gasteiger partial charge in [0.15, 0.2) is 0 Å². The molecule has 2 rings (SSSR count). The van der Waals surface area contributed by atoms with Gasteiger partial charge in [0.1, 0.15) is 6.04 Å². The number of hydrogen-bond donors (Lipinski definition) is 0. The molecular weight excluding hydrogens is 252 g/mol. The van der Waals surface area contributed by atoms with Gasteiger partial charge >= 0.3 is 5.97 Å². The molecule has 20 heavy (non-hydrogen) atoms. The summed E-state index contributed by atoms with van der Waals surface area (Å²) >= 11 is 0. The number of hydrogen-bond acceptors (Lipinski definition) is 4. The maximum absolute atomic E-state index is 12.3. The van der Waals surface area contributed by atoms with Crippen molar-refractivity contribution in [2.24, 2.45) is 0 Å². The summed E-state index contributed by atoms with van der Waals surface area (Å²) < 4.78 is 5.25. The lowest BCUT2D eigenvalue weighted by molar-refractivity contribution is -0.145. The fourth-order valence-electron chi connectivity index (χ4n) is 2.64. The zero-order valence-electron chi connectivity index (χ0n) is 12.6. The number of esters is 1. The van der Waals surface area contributed by atoms with E-state index in [2.05, 4.69) is 35.8 Å². The van der Waals surface area contributed by atoms with Gasteiger partial charge < -0.3 is 9.64 Å². The predicted octanol–water partition coefficient (Wildman–Crippen LogP) is 2.15. The molecule has 1 aliphatic heterocycles. The maximum atomic E-state index is 12.3. The molecule has 0 N–H and O–H groups in total. The lowest BCUT2D eigenvalue weighted by Crippen LogP contribution is -2.58. The van der Waals surface area contributed by atoms with Crippen molar-refractivity contribution < 1.29 is 9.53 Å². The number of rotatable bonds is 4. The smallest absolute Gasteiger partial charge is 0.330 e. The molecule has 1 atom stereocenters. The third-order valence-electron chi connectivity index (χ3n) is 3.79. The van der Waals surface area contributed by atoms with Gasteiger partial charge in [-0.2, -0.15) is 0 Å². The van der Waals surface area contributed by atoms with E-state index in [1.807, 2.05) is 25.1 Å². The highest BCUT2D eigenvalue weighted by atomic mass is 16.5. The van der Waals surface area contributed by atoms with Gasteiger partial charge in [-0.15, -0.1) is 0 Å². The highest BCUT2D eigenvalue weighted by Crippen LogP contribution is 2.22. The van der Waals surface area contributed by atoms with E-state index in [1.54, 1.807) is 0 Å². The first-order chi connectivity index (χ1) is 9.63. The number of nitrogens with zero attached hydrogens (tertiary/aromatic N) is 2. The van der Waals surface area contributed by atoms with Crippen LogP contribution in [-0.2, 0) is 9.53 Å². The minimum atomic E-state index is -0.214. The third-order valence-corrected chi connectivity index (χ3v) is 3.79. The van der Waals surface area contributed by atoms with E-state index in [0.29, 0.717) is 12.6 Å². The van der Waals surface area contributed by atoms with Crippen molar-refractivity contribution in [2.45, 2.75) is 32.9 Å². The van der Waals surface area contributed by atoms with E-state index in [4.69, 9.17) is 4.74 Å². The number of ether oxygens (including phenoxy) is 1. The largest absolute Gasteiger partial charge is 0.464 e. The fraction of sp³-hybridized carbons (Fsp3) is 0.562. The van der Waals surface area contributed by atoms with Crippen LogP contribution >= 0.6 is 0 Å². The Morgan fingerprint density at radius 1 is 1.30 bits per heavy atom. The molecule has 1 aromatic carbocycles. The van der Waals surface area contributed by atoms with Crippen LogP contribution in [0.1, 0.15) is 20.8 Å². The summed E-state index contributed by atoms with van der Waals surface area (Å²) in [7, 11) is 0. The van der Waals surface area contributed by atoms with Crippen molar-refractivity contribution in [3.05, 3.63) is 30.3 Å². The SMILES string of the molecule is CCOC(=O)C1CN(C(C)C)CCN1c1ccccc1. The third kappa shape index (κ3) is 3.31. The summed E-state index contributed by atoms with van der Waals surface area (Å²) in [5.41, 5.74) is 1.09. The van der Waals surface area contributed by atoms with Crippen molar-refractivity contribution in [3.63, 3.8) is 0 Å². The number of piperazine rings is 1. The Hall–Kier alpha value is -1.55. The van der Waals surface area contributed by atoms with Crippen LogP contribution in [0, 0.1) is 0 Å². The van der Waals surface area contributed by atoms with Crippen LogP contribution < -0.4 is 4.90 Å². The summed E-state index contributed by atoms with van der Waals surface area (Å²) in [6.45, 7) is 9.17. The van der Waals surface area contributed by atoms with E-state index in [9.17, 15) is 4.79 Å². The van der Waals surface area contributed by atoms with E-state index in [-0.39, 0.29) is 12.0 Å². The second kappa shape index (κ2) is 6.75. The number of benzene rings is 1. The van der Waals surface area contributed by atoms with Gasteiger partial charge in [0.2, 0.25) is 0 Å². The first kappa shape index (κ1) is 14.9. The standard InChI is InChI=1S/C16H24N2O2/c1-4-20-16(19)15-12-17(13(2)3)10-11-18(15)14-8-6-5-7-9-14/h5-9,13,15H,4,10-12H2,1-3H3. The van der Waals surface area contributed by atoms with Gasteiger partial charge in [-0.1, -0.05) is 18.2 Å². The number of carbonyl (C=O) groups excluding carboxylic acids is 1. The molecule has 0 spiro atoms. The molecule has 1 heterocycles. The Morgan fingerprint density at radius 2 is 2.00 bits per heavy atom. The molecule has 1 saturated heterocycles. The Morgan fingerprint density at radius 3 is 2.60 bits per heavy atom. The summed E-state index contributed by atoms with van der Waals surface area (Å²) in [4.78, 5) is 16.8. The summed E-state index contributed by atoms with van der Waals surface area (Å²) in [5, 5.41) is 0. The molecule has 4 nitrogen and oxygen atoms in total. The van der Waals surface area contributed by atoms with Crippen molar-refractivity contribution in [1.82, 2.24) is 4.90 Å². The molecule has 0 saturated carbocycles. The molecule has 1 aromatic rings. The van der Waals surface area contributed by atoms with Gasteiger partial charge in [-0.05, 0) is 32.9 Å². The molecular formula is C16H24N2O2.